The first-order chi connectivity index (χ1) is 6.33. The summed E-state index contributed by atoms with van der Waals surface area (Å²) in [4.78, 5) is 0. The third kappa shape index (κ3) is 3.75. The molecule has 0 spiro atoms. The molecule has 0 fully saturated rings. The van der Waals surface area contributed by atoms with E-state index in [0.717, 1.165) is 19.3 Å². The van der Waals surface area contributed by atoms with Gasteiger partial charge in [-0.3, -0.25) is 0 Å². The highest BCUT2D eigenvalue weighted by Crippen LogP contribution is 2.08. The molecule has 0 unspecified atom stereocenters. The maximum atomic E-state index is 8.36. The van der Waals surface area contributed by atoms with Crippen LogP contribution >= 0.6 is 0 Å². The Kier molecular flexibility index (Phi) is 4.05. The Morgan fingerprint density at radius 3 is 2.85 bits per heavy atom. The van der Waals surface area contributed by atoms with Crippen molar-refractivity contribution in [2.75, 3.05) is 0 Å². The van der Waals surface area contributed by atoms with Gasteiger partial charge in [0.2, 0.25) is 0 Å². The summed E-state index contributed by atoms with van der Waals surface area (Å²) in [5.74, 6) is 0. The molecule has 13 heavy (non-hydrogen) atoms. The van der Waals surface area contributed by atoms with Crippen molar-refractivity contribution in [1.82, 2.24) is 0 Å². The number of nitrogens with zero attached hydrogens (tertiary/aromatic N) is 1. The van der Waals surface area contributed by atoms with Crippen molar-refractivity contribution < 1.29 is 0 Å². The SMILES string of the molecule is Cc1cccc(CCCCC#N)c1. The van der Waals surface area contributed by atoms with Gasteiger partial charge >= 0.3 is 0 Å². The summed E-state index contributed by atoms with van der Waals surface area (Å²) in [5, 5.41) is 8.36. The number of benzene rings is 1. The molecule has 0 saturated heterocycles. The van der Waals surface area contributed by atoms with Gasteiger partial charge in [0, 0.05) is 6.42 Å². The van der Waals surface area contributed by atoms with Crippen LogP contribution in [0.1, 0.15) is 30.4 Å². The van der Waals surface area contributed by atoms with Crippen LogP contribution in [0.2, 0.25) is 0 Å². The van der Waals surface area contributed by atoms with Crippen molar-refractivity contribution in [1.29, 1.82) is 5.26 Å². The molecule has 0 aliphatic carbocycles. The van der Waals surface area contributed by atoms with E-state index in [-0.39, 0.29) is 0 Å². The molecule has 0 bridgehead atoms. The minimum absolute atomic E-state index is 0.686. The molecule has 1 nitrogen and oxygen atoms in total. The Morgan fingerprint density at radius 1 is 1.31 bits per heavy atom. The summed E-state index contributed by atoms with van der Waals surface area (Å²) >= 11 is 0. The maximum Gasteiger partial charge on any atom is 0.0621 e. The van der Waals surface area contributed by atoms with E-state index < -0.39 is 0 Å². The summed E-state index contributed by atoms with van der Waals surface area (Å²) in [6, 6.07) is 10.7. The van der Waals surface area contributed by atoms with Crippen LogP contribution in [0.15, 0.2) is 24.3 Å². The second kappa shape index (κ2) is 5.37. The molecule has 0 aliphatic heterocycles. The van der Waals surface area contributed by atoms with Crippen LogP contribution in [0.5, 0.6) is 0 Å². The highest BCUT2D eigenvalue weighted by molar-refractivity contribution is 5.22. The van der Waals surface area contributed by atoms with Gasteiger partial charge < -0.3 is 0 Å². The lowest BCUT2D eigenvalue weighted by atomic mass is 10.1. The van der Waals surface area contributed by atoms with Gasteiger partial charge in [-0.15, -0.1) is 0 Å². The van der Waals surface area contributed by atoms with Crippen molar-refractivity contribution in [3.8, 4) is 6.07 Å². The Labute approximate surface area is 80.0 Å². The lowest BCUT2D eigenvalue weighted by Crippen LogP contribution is -1.85. The molecule has 0 N–H and O–H groups in total. The molecule has 1 rings (SSSR count). The van der Waals surface area contributed by atoms with Crippen molar-refractivity contribution in [3.05, 3.63) is 35.4 Å². The quantitative estimate of drug-likeness (QED) is 0.641. The van der Waals surface area contributed by atoms with Crippen LogP contribution in [0.25, 0.3) is 0 Å². The number of hydrogen-bond acceptors (Lipinski definition) is 1. The monoisotopic (exact) mass is 173 g/mol. The van der Waals surface area contributed by atoms with Crippen LogP contribution in [0.4, 0.5) is 0 Å². The van der Waals surface area contributed by atoms with Crippen molar-refractivity contribution in [2.24, 2.45) is 0 Å². The summed E-state index contributed by atoms with van der Waals surface area (Å²) in [5.41, 5.74) is 2.70. The normalized spacial score (nSPS) is 9.54. The Hall–Kier alpha value is -1.29. The third-order valence-electron chi connectivity index (χ3n) is 2.09. The number of aryl methyl sites for hydroxylation is 2. The van der Waals surface area contributed by atoms with Crippen LogP contribution in [-0.2, 0) is 6.42 Å². The molecule has 0 atom stereocenters. The van der Waals surface area contributed by atoms with E-state index in [1.165, 1.54) is 11.1 Å². The zero-order chi connectivity index (χ0) is 9.52. The second-order valence-corrected chi connectivity index (χ2v) is 3.35. The zero-order valence-corrected chi connectivity index (χ0v) is 8.09. The molecule has 68 valence electrons. The predicted molar refractivity (Wildman–Crippen MR) is 54.3 cm³/mol. The molecule has 0 heterocycles. The minimum atomic E-state index is 0.686. The average molecular weight is 173 g/mol. The van der Waals surface area contributed by atoms with Crippen LogP contribution < -0.4 is 0 Å². The first-order valence-corrected chi connectivity index (χ1v) is 4.75. The summed E-state index contributed by atoms with van der Waals surface area (Å²) in [6.07, 6.45) is 3.93. The molecule has 0 aromatic heterocycles. The lowest BCUT2D eigenvalue weighted by Gasteiger charge is -2.00. The van der Waals surface area contributed by atoms with Gasteiger partial charge in [0.15, 0.2) is 0 Å². The van der Waals surface area contributed by atoms with Crippen LogP contribution in [0.3, 0.4) is 0 Å². The van der Waals surface area contributed by atoms with Gasteiger partial charge in [0.1, 0.15) is 0 Å². The standard InChI is InChI=1S/C12H15N/c1-11-6-5-8-12(10-11)7-3-2-4-9-13/h5-6,8,10H,2-4,7H2,1H3. The number of unbranched alkanes of at least 4 members (excludes halogenated alkanes) is 2. The second-order valence-electron chi connectivity index (χ2n) is 3.35. The van der Waals surface area contributed by atoms with Gasteiger partial charge in [-0.2, -0.15) is 5.26 Å². The molecule has 0 radical (unpaired) electrons. The van der Waals surface area contributed by atoms with E-state index >= 15 is 0 Å². The minimum Gasteiger partial charge on any atom is -0.198 e. The first-order valence-electron chi connectivity index (χ1n) is 4.75. The lowest BCUT2D eigenvalue weighted by molar-refractivity contribution is 0.752. The number of rotatable bonds is 4. The van der Waals surface area contributed by atoms with Crippen LogP contribution in [0, 0.1) is 18.3 Å². The van der Waals surface area contributed by atoms with E-state index in [1.807, 2.05) is 0 Å². The fourth-order valence-corrected chi connectivity index (χ4v) is 1.40. The van der Waals surface area contributed by atoms with E-state index in [4.69, 9.17) is 5.26 Å². The molecular weight excluding hydrogens is 158 g/mol. The average Bonchev–Trinajstić information content (AvgIpc) is 2.13. The summed E-state index contributed by atoms with van der Waals surface area (Å²) in [7, 11) is 0. The Morgan fingerprint density at radius 2 is 2.15 bits per heavy atom. The first kappa shape index (κ1) is 9.80. The van der Waals surface area contributed by atoms with Crippen LogP contribution in [-0.4, -0.2) is 0 Å². The molecule has 0 aliphatic rings. The predicted octanol–water partition coefficient (Wildman–Crippen LogP) is 3.23. The van der Waals surface area contributed by atoms with E-state index in [1.54, 1.807) is 0 Å². The van der Waals surface area contributed by atoms with Gasteiger partial charge in [-0.1, -0.05) is 29.8 Å². The summed E-state index contributed by atoms with van der Waals surface area (Å²) < 4.78 is 0. The fraction of sp³-hybridized carbons (Fsp3) is 0.417. The van der Waals surface area contributed by atoms with Crippen molar-refractivity contribution in [2.45, 2.75) is 32.6 Å². The molecule has 1 heteroatoms. The zero-order valence-electron chi connectivity index (χ0n) is 8.09. The van der Waals surface area contributed by atoms with Crippen molar-refractivity contribution >= 4 is 0 Å². The smallest absolute Gasteiger partial charge is 0.0621 e. The fourth-order valence-electron chi connectivity index (χ4n) is 1.40. The van der Waals surface area contributed by atoms with E-state index in [0.29, 0.717) is 6.42 Å². The largest absolute Gasteiger partial charge is 0.198 e. The van der Waals surface area contributed by atoms with Gasteiger partial charge in [-0.25, -0.2) is 0 Å². The molecule has 1 aromatic carbocycles. The molecule has 0 saturated carbocycles. The molecule has 1 aromatic rings. The van der Waals surface area contributed by atoms with Gasteiger partial charge in [0.25, 0.3) is 0 Å². The van der Waals surface area contributed by atoms with Gasteiger partial charge in [0.05, 0.1) is 6.07 Å². The van der Waals surface area contributed by atoms with E-state index in [2.05, 4.69) is 37.3 Å². The Bertz CT molecular complexity index is 296. The molecule has 0 amide bonds. The number of nitriles is 1. The summed E-state index contributed by atoms with van der Waals surface area (Å²) in [6.45, 7) is 2.11. The highest BCUT2D eigenvalue weighted by atomic mass is 14.2. The third-order valence-corrected chi connectivity index (χ3v) is 2.09. The maximum absolute atomic E-state index is 8.36. The highest BCUT2D eigenvalue weighted by Gasteiger charge is 1.93. The number of hydrogen-bond donors (Lipinski definition) is 0. The topological polar surface area (TPSA) is 23.8 Å². The van der Waals surface area contributed by atoms with Gasteiger partial charge in [-0.05, 0) is 31.7 Å². The molecular formula is C12H15N. The Balaban J connectivity index is 2.33. The van der Waals surface area contributed by atoms with Crippen molar-refractivity contribution in [3.63, 3.8) is 0 Å². The van der Waals surface area contributed by atoms with E-state index in [9.17, 15) is 0 Å².